The Labute approximate surface area is 131 Å². The SMILES string of the molecule is CC(=O)C(N=Nc1cccc(C(=O)NN)c1C(=O)NN)C(C)=O. The van der Waals surface area contributed by atoms with Crippen LogP contribution in [0, 0.1) is 0 Å². The van der Waals surface area contributed by atoms with Crippen LogP contribution in [0.3, 0.4) is 0 Å². The normalized spacial score (nSPS) is 10.7. The van der Waals surface area contributed by atoms with Crippen LogP contribution in [-0.4, -0.2) is 29.4 Å². The summed E-state index contributed by atoms with van der Waals surface area (Å²) >= 11 is 0. The van der Waals surface area contributed by atoms with E-state index >= 15 is 0 Å². The van der Waals surface area contributed by atoms with Gasteiger partial charge in [0, 0.05) is 0 Å². The Morgan fingerprint density at radius 2 is 1.57 bits per heavy atom. The lowest BCUT2D eigenvalue weighted by atomic mass is 10.0. The summed E-state index contributed by atoms with van der Waals surface area (Å²) < 4.78 is 0. The second-order valence-electron chi connectivity index (χ2n) is 4.49. The van der Waals surface area contributed by atoms with Gasteiger partial charge in [-0.1, -0.05) is 6.07 Å². The van der Waals surface area contributed by atoms with Gasteiger partial charge in [0.25, 0.3) is 11.8 Å². The first kappa shape index (κ1) is 18.1. The van der Waals surface area contributed by atoms with Crippen LogP contribution in [-0.2, 0) is 9.59 Å². The van der Waals surface area contributed by atoms with Gasteiger partial charge in [-0.3, -0.25) is 30.0 Å². The van der Waals surface area contributed by atoms with Gasteiger partial charge in [-0.25, -0.2) is 11.7 Å². The van der Waals surface area contributed by atoms with Crippen molar-refractivity contribution in [1.29, 1.82) is 0 Å². The van der Waals surface area contributed by atoms with Gasteiger partial charge in [-0.15, -0.1) is 0 Å². The van der Waals surface area contributed by atoms with Crippen molar-refractivity contribution in [2.24, 2.45) is 21.9 Å². The van der Waals surface area contributed by atoms with Crippen LogP contribution in [0.25, 0.3) is 0 Å². The molecule has 0 aliphatic heterocycles. The molecule has 1 rings (SSSR count). The number of hydrogen-bond acceptors (Lipinski definition) is 8. The zero-order chi connectivity index (χ0) is 17.6. The first-order chi connectivity index (χ1) is 10.8. The molecule has 0 saturated carbocycles. The van der Waals surface area contributed by atoms with Crippen molar-refractivity contribution in [3.63, 3.8) is 0 Å². The molecule has 0 radical (unpaired) electrons. The van der Waals surface area contributed by atoms with Crippen LogP contribution in [0.2, 0.25) is 0 Å². The molecule has 122 valence electrons. The van der Waals surface area contributed by atoms with Crippen molar-refractivity contribution < 1.29 is 19.2 Å². The number of hydrogen-bond donors (Lipinski definition) is 4. The second kappa shape index (κ2) is 7.87. The molecule has 0 atom stereocenters. The molecule has 0 fully saturated rings. The number of nitrogens with two attached hydrogens (primary N) is 2. The number of rotatable bonds is 6. The molecule has 0 aliphatic carbocycles. The van der Waals surface area contributed by atoms with Gasteiger partial charge in [-0.05, 0) is 26.0 Å². The van der Waals surface area contributed by atoms with E-state index in [1.54, 1.807) is 0 Å². The molecule has 0 unspecified atom stereocenters. The topological polar surface area (TPSA) is 169 Å². The predicted molar refractivity (Wildman–Crippen MR) is 79.4 cm³/mol. The number of benzene rings is 1. The number of nitrogens with one attached hydrogen (secondary N) is 2. The second-order valence-corrected chi connectivity index (χ2v) is 4.49. The van der Waals surface area contributed by atoms with Crippen LogP contribution in [0.1, 0.15) is 34.6 Å². The Kier molecular flexibility index (Phi) is 6.18. The van der Waals surface area contributed by atoms with Crippen LogP contribution in [0.5, 0.6) is 0 Å². The Bertz CT molecular complexity index is 671. The maximum Gasteiger partial charge on any atom is 0.268 e. The molecule has 2 amide bonds. The Hall–Kier alpha value is -2.98. The molecule has 0 spiro atoms. The van der Waals surface area contributed by atoms with Crippen molar-refractivity contribution in [2.45, 2.75) is 19.9 Å². The average Bonchev–Trinajstić information content (AvgIpc) is 2.52. The van der Waals surface area contributed by atoms with Crippen LogP contribution in [0.15, 0.2) is 28.4 Å². The van der Waals surface area contributed by atoms with Crippen molar-refractivity contribution >= 4 is 29.1 Å². The van der Waals surface area contributed by atoms with Gasteiger partial charge in [-0.2, -0.15) is 10.2 Å². The fourth-order valence-corrected chi connectivity index (χ4v) is 1.77. The van der Waals surface area contributed by atoms with Gasteiger partial charge in [0.1, 0.15) is 0 Å². The average molecular weight is 320 g/mol. The van der Waals surface area contributed by atoms with E-state index in [0.29, 0.717) is 0 Å². The first-order valence-electron chi connectivity index (χ1n) is 6.40. The highest BCUT2D eigenvalue weighted by atomic mass is 16.2. The van der Waals surface area contributed by atoms with Crippen molar-refractivity contribution in [3.05, 3.63) is 29.3 Å². The summed E-state index contributed by atoms with van der Waals surface area (Å²) in [6.07, 6.45) is 0. The van der Waals surface area contributed by atoms with Crippen molar-refractivity contribution in [2.75, 3.05) is 0 Å². The summed E-state index contributed by atoms with van der Waals surface area (Å²) in [5.41, 5.74) is 3.45. The number of carbonyl (C=O) groups excluding carboxylic acids is 4. The van der Waals surface area contributed by atoms with E-state index in [1.165, 1.54) is 32.0 Å². The van der Waals surface area contributed by atoms with Crippen molar-refractivity contribution in [1.82, 2.24) is 10.9 Å². The summed E-state index contributed by atoms with van der Waals surface area (Å²) in [7, 11) is 0. The summed E-state index contributed by atoms with van der Waals surface area (Å²) in [6, 6.07) is 2.86. The fraction of sp³-hybridized carbons (Fsp3) is 0.231. The number of carbonyl (C=O) groups is 4. The number of hydrazine groups is 2. The smallest absolute Gasteiger partial charge is 0.268 e. The van der Waals surface area contributed by atoms with E-state index in [1.807, 2.05) is 10.9 Å². The van der Waals surface area contributed by atoms with Gasteiger partial charge in [0.05, 0.1) is 16.8 Å². The summed E-state index contributed by atoms with van der Waals surface area (Å²) in [4.78, 5) is 46.3. The highest BCUT2D eigenvalue weighted by molar-refractivity contribution is 6.10. The molecule has 6 N–H and O–H groups in total. The third kappa shape index (κ3) is 4.25. The molecular weight excluding hydrogens is 304 g/mol. The molecule has 23 heavy (non-hydrogen) atoms. The largest absolute Gasteiger partial charge is 0.297 e. The van der Waals surface area contributed by atoms with Crippen LogP contribution in [0.4, 0.5) is 5.69 Å². The van der Waals surface area contributed by atoms with E-state index < -0.39 is 29.4 Å². The molecule has 1 aromatic rings. The van der Waals surface area contributed by atoms with Gasteiger partial charge in [0.2, 0.25) is 0 Å². The molecule has 0 aliphatic rings. The van der Waals surface area contributed by atoms with E-state index in [9.17, 15) is 19.2 Å². The zero-order valence-electron chi connectivity index (χ0n) is 12.5. The minimum absolute atomic E-state index is 0.0402. The predicted octanol–water partition coefficient (Wildman–Crippen LogP) is -0.476. The minimum Gasteiger partial charge on any atom is -0.297 e. The molecule has 1 aromatic carbocycles. The Morgan fingerprint density at radius 1 is 1.00 bits per heavy atom. The number of azo groups is 1. The van der Waals surface area contributed by atoms with E-state index in [2.05, 4.69) is 10.2 Å². The maximum atomic E-state index is 11.9. The fourth-order valence-electron chi connectivity index (χ4n) is 1.77. The lowest BCUT2D eigenvalue weighted by molar-refractivity contribution is -0.126. The highest BCUT2D eigenvalue weighted by Gasteiger charge is 2.22. The zero-order valence-corrected chi connectivity index (χ0v) is 12.5. The van der Waals surface area contributed by atoms with Crippen molar-refractivity contribution in [3.8, 4) is 0 Å². The molecular formula is C13H16N6O4. The Morgan fingerprint density at radius 3 is 2.04 bits per heavy atom. The lowest BCUT2D eigenvalue weighted by Crippen LogP contribution is -2.35. The minimum atomic E-state index is -1.28. The van der Waals surface area contributed by atoms with Gasteiger partial charge in [0.15, 0.2) is 17.6 Å². The number of nitrogen functional groups attached to an aromatic ring is 2. The number of nitrogens with zero attached hydrogens (tertiary/aromatic N) is 2. The molecule has 10 heteroatoms. The standard InChI is InChI=1S/C13H16N6O4/c1-6(20)11(7(2)21)19-18-9-5-3-4-8(12(22)16-14)10(9)13(23)17-15/h3-5,11H,14-15H2,1-2H3,(H,16,22)(H,17,23). The molecule has 0 aromatic heterocycles. The molecule has 0 saturated heterocycles. The molecule has 0 bridgehead atoms. The number of Topliss-reactive ketones (excluding diaryl/α,β-unsaturated/α-hetero) is 2. The third-order valence-electron chi connectivity index (χ3n) is 2.83. The van der Waals surface area contributed by atoms with E-state index in [4.69, 9.17) is 11.7 Å². The summed E-state index contributed by atoms with van der Waals surface area (Å²) in [6.45, 7) is 2.38. The van der Waals surface area contributed by atoms with E-state index in [-0.39, 0.29) is 16.8 Å². The third-order valence-corrected chi connectivity index (χ3v) is 2.83. The number of ketones is 2. The first-order valence-corrected chi connectivity index (χ1v) is 6.40. The molecule has 10 nitrogen and oxygen atoms in total. The number of amides is 2. The van der Waals surface area contributed by atoms with Crippen LogP contribution >= 0.6 is 0 Å². The highest BCUT2D eigenvalue weighted by Crippen LogP contribution is 2.24. The van der Waals surface area contributed by atoms with Crippen LogP contribution < -0.4 is 22.5 Å². The Balaban J connectivity index is 3.41. The summed E-state index contributed by atoms with van der Waals surface area (Å²) in [5.74, 6) is 7.61. The lowest BCUT2D eigenvalue weighted by Gasteiger charge is -2.10. The van der Waals surface area contributed by atoms with Gasteiger partial charge < -0.3 is 0 Å². The van der Waals surface area contributed by atoms with E-state index in [0.717, 1.165) is 0 Å². The quantitative estimate of drug-likeness (QED) is 0.181. The van der Waals surface area contributed by atoms with Gasteiger partial charge >= 0.3 is 0 Å². The maximum absolute atomic E-state index is 11.9. The monoisotopic (exact) mass is 320 g/mol. The molecule has 0 heterocycles. The summed E-state index contributed by atoms with van der Waals surface area (Å²) in [5, 5.41) is 7.38.